The average Bonchev–Trinajstić information content (AvgIpc) is 2.42. The largest absolute Gasteiger partial charge is 0.315 e. The summed E-state index contributed by atoms with van der Waals surface area (Å²) >= 11 is 0. The summed E-state index contributed by atoms with van der Waals surface area (Å²) < 4.78 is 13.0. The Morgan fingerprint density at radius 3 is 2.67 bits per heavy atom. The lowest BCUT2D eigenvalue weighted by atomic mass is 9.98. The number of hydrogen-bond acceptors (Lipinski definition) is 2. The molecule has 2 nitrogen and oxygen atoms in total. The zero-order chi connectivity index (χ0) is 13.0. The third-order valence-corrected chi connectivity index (χ3v) is 3.98. The first-order chi connectivity index (χ1) is 8.72. The van der Waals surface area contributed by atoms with E-state index in [0.717, 1.165) is 19.5 Å². The molecule has 18 heavy (non-hydrogen) atoms. The lowest BCUT2D eigenvalue weighted by Gasteiger charge is -2.37. The Morgan fingerprint density at radius 2 is 2.11 bits per heavy atom. The first kappa shape index (κ1) is 13.5. The highest BCUT2D eigenvalue weighted by atomic mass is 19.1. The Bertz CT molecular complexity index is 357. The van der Waals surface area contributed by atoms with Crippen LogP contribution in [0.4, 0.5) is 4.39 Å². The van der Waals surface area contributed by atoms with Gasteiger partial charge in [-0.05, 0) is 50.6 Å². The van der Waals surface area contributed by atoms with Gasteiger partial charge in [0, 0.05) is 18.6 Å². The Morgan fingerprint density at radius 1 is 1.39 bits per heavy atom. The van der Waals surface area contributed by atoms with Crippen molar-refractivity contribution in [2.24, 2.45) is 0 Å². The molecule has 1 aromatic rings. The molecule has 0 bridgehead atoms. The maximum atomic E-state index is 13.0. The van der Waals surface area contributed by atoms with Gasteiger partial charge >= 0.3 is 0 Å². The topological polar surface area (TPSA) is 15.3 Å². The van der Waals surface area contributed by atoms with Crippen LogP contribution in [0.2, 0.25) is 0 Å². The number of piperidine rings is 1. The summed E-state index contributed by atoms with van der Waals surface area (Å²) in [5.74, 6) is -0.157. The zero-order valence-corrected chi connectivity index (χ0v) is 11.3. The van der Waals surface area contributed by atoms with Crippen LogP contribution in [0.25, 0.3) is 0 Å². The van der Waals surface area contributed by atoms with E-state index in [4.69, 9.17) is 0 Å². The Hall–Kier alpha value is -0.930. The first-order valence-corrected chi connectivity index (χ1v) is 6.90. The van der Waals surface area contributed by atoms with Gasteiger partial charge in [-0.3, -0.25) is 4.90 Å². The Balaban J connectivity index is 2.09. The van der Waals surface area contributed by atoms with E-state index in [-0.39, 0.29) is 5.82 Å². The molecule has 1 N–H and O–H groups in total. The van der Waals surface area contributed by atoms with Gasteiger partial charge in [0.1, 0.15) is 5.82 Å². The zero-order valence-electron chi connectivity index (χ0n) is 11.3. The molecule has 2 atom stereocenters. The quantitative estimate of drug-likeness (QED) is 0.884. The van der Waals surface area contributed by atoms with Crippen LogP contribution in [-0.2, 0) is 0 Å². The van der Waals surface area contributed by atoms with Crippen LogP contribution in [0, 0.1) is 5.82 Å². The third-order valence-electron chi connectivity index (χ3n) is 3.98. The summed E-state index contributed by atoms with van der Waals surface area (Å²) in [4.78, 5) is 2.44. The Kier molecular flexibility index (Phi) is 4.72. The molecule has 0 saturated carbocycles. The molecule has 0 radical (unpaired) electrons. The molecule has 1 fully saturated rings. The second kappa shape index (κ2) is 6.30. The van der Waals surface area contributed by atoms with Crippen molar-refractivity contribution >= 4 is 0 Å². The molecule has 100 valence electrons. The number of benzene rings is 1. The number of rotatable bonds is 4. The van der Waals surface area contributed by atoms with Crippen molar-refractivity contribution in [2.45, 2.75) is 38.3 Å². The van der Waals surface area contributed by atoms with E-state index in [9.17, 15) is 4.39 Å². The lowest BCUT2D eigenvalue weighted by Crippen LogP contribution is -2.45. The van der Waals surface area contributed by atoms with Gasteiger partial charge in [0.05, 0.1) is 0 Å². The van der Waals surface area contributed by atoms with Gasteiger partial charge < -0.3 is 5.32 Å². The summed E-state index contributed by atoms with van der Waals surface area (Å²) in [6, 6.07) is 7.92. The molecule has 3 heteroatoms. The van der Waals surface area contributed by atoms with E-state index in [2.05, 4.69) is 24.2 Å². The smallest absolute Gasteiger partial charge is 0.123 e. The normalized spacial score (nSPS) is 22.1. The molecule has 0 amide bonds. The van der Waals surface area contributed by atoms with E-state index in [1.165, 1.54) is 18.4 Å². The number of nitrogens with one attached hydrogen (secondary N) is 1. The van der Waals surface area contributed by atoms with E-state index in [1.807, 2.05) is 12.1 Å². The van der Waals surface area contributed by atoms with Crippen molar-refractivity contribution < 1.29 is 4.39 Å². The minimum absolute atomic E-state index is 0.157. The second-order valence-corrected chi connectivity index (χ2v) is 5.14. The van der Waals surface area contributed by atoms with Gasteiger partial charge in [-0.2, -0.15) is 0 Å². The van der Waals surface area contributed by atoms with Crippen LogP contribution >= 0.6 is 0 Å². The van der Waals surface area contributed by atoms with Gasteiger partial charge in [0.15, 0.2) is 0 Å². The van der Waals surface area contributed by atoms with Crippen molar-refractivity contribution in [3.63, 3.8) is 0 Å². The number of likely N-dealkylation sites (N-methyl/N-ethyl adjacent to an activating group) is 1. The summed E-state index contributed by atoms with van der Waals surface area (Å²) in [7, 11) is 2.19. The van der Waals surface area contributed by atoms with E-state index < -0.39 is 0 Å². The monoisotopic (exact) mass is 250 g/mol. The number of halogens is 1. The van der Waals surface area contributed by atoms with E-state index in [0.29, 0.717) is 12.1 Å². The van der Waals surface area contributed by atoms with Gasteiger partial charge in [-0.15, -0.1) is 0 Å². The standard InChI is InChI=1S/C15H23FN2/c1-3-15(12-6-8-13(16)9-7-12)18(2)14-5-4-10-17-11-14/h6-9,14-15,17H,3-5,10-11H2,1-2H3. The van der Waals surface area contributed by atoms with Gasteiger partial charge in [0.2, 0.25) is 0 Å². The van der Waals surface area contributed by atoms with E-state index >= 15 is 0 Å². The molecule has 0 aromatic heterocycles. The van der Waals surface area contributed by atoms with Crippen molar-refractivity contribution in [1.82, 2.24) is 10.2 Å². The molecule has 0 spiro atoms. The molecule has 1 aliphatic heterocycles. The summed E-state index contributed by atoms with van der Waals surface area (Å²) in [6.45, 7) is 4.40. The Labute approximate surface area is 109 Å². The fraction of sp³-hybridized carbons (Fsp3) is 0.600. The van der Waals surface area contributed by atoms with Crippen molar-refractivity contribution in [1.29, 1.82) is 0 Å². The molecule has 1 aliphatic rings. The minimum Gasteiger partial charge on any atom is -0.315 e. The molecule has 1 heterocycles. The highest BCUT2D eigenvalue weighted by Gasteiger charge is 2.24. The first-order valence-electron chi connectivity index (χ1n) is 6.90. The van der Waals surface area contributed by atoms with Crippen LogP contribution in [0.3, 0.4) is 0 Å². The molecule has 1 saturated heterocycles. The third kappa shape index (κ3) is 3.09. The van der Waals surface area contributed by atoms with Crippen molar-refractivity contribution in [3.05, 3.63) is 35.6 Å². The van der Waals surface area contributed by atoms with Gasteiger partial charge in [0.25, 0.3) is 0 Å². The van der Waals surface area contributed by atoms with E-state index in [1.54, 1.807) is 12.1 Å². The lowest BCUT2D eigenvalue weighted by molar-refractivity contribution is 0.143. The van der Waals surface area contributed by atoms with Crippen LogP contribution in [0.15, 0.2) is 24.3 Å². The fourth-order valence-electron chi connectivity index (χ4n) is 2.88. The number of hydrogen-bond donors (Lipinski definition) is 1. The molecule has 1 aromatic carbocycles. The SMILES string of the molecule is CCC(c1ccc(F)cc1)N(C)C1CCCNC1. The summed E-state index contributed by atoms with van der Waals surface area (Å²) in [5, 5.41) is 3.45. The molecule has 2 unspecified atom stereocenters. The molecular weight excluding hydrogens is 227 g/mol. The van der Waals surface area contributed by atoms with Crippen LogP contribution < -0.4 is 5.32 Å². The van der Waals surface area contributed by atoms with Gasteiger partial charge in [-0.25, -0.2) is 4.39 Å². The van der Waals surface area contributed by atoms with Crippen molar-refractivity contribution in [2.75, 3.05) is 20.1 Å². The maximum Gasteiger partial charge on any atom is 0.123 e. The van der Waals surface area contributed by atoms with Crippen LogP contribution in [-0.4, -0.2) is 31.1 Å². The maximum absolute atomic E-state index is 13.0. The average molecular weight is 250 g/mol. The summed E-state index contributed by atoms with van der Waals surface area (Å²) in [6.07, 6.45) is 3.55. The molecule has 2 rings (SSSR count). The van der Waals surface area contributed by atoms with Crippen LogP contribution in [0.1, 0.15) is 37.8 Å². The van der Waals surface area contributed by atoms with Crippen molar-refractivity contribution in [3.8, 4) is 0 Å². The summed E-state index contributed by atoms with van der Waals surface area (Å²) in [5.41, 5.74) is 1.21. The highest BCUT2D eigenvalue weighted by molar-refractivity contribution is 5.20. The number of nitrogens with zero attached hydrogens (tertiary/aromatic N) is 1. The molecule has 0 aliphatic carbocycles. The second-order valence-electron chi connectivity index (χ2n) is 5.14. The minimum atomic E-state index is -0.157. The highest BCUT2D eigenvalue weighted by Crippen LogP contribution is 2.26. The fourth-order valence-corrected chi connectivity index (χ4v) is 2.88. The van der Waals surface area contributed by atoms with Gasteiger partial charge in [-0.1, -0.05) is 19.1 Å². The predicted molar refractivity (Wildman–Crippen MR) is 73.1 cm³/mol. The molecular formula is C15H23FN2. The predicted octanol–water partition coefficient (Wildman–Crippen LogP) is 2.96. The van der Waals surface area contributed by atoms with Crippen LogP contribution in [0.5, 0.6) is 0 Å².